The number of nitrogens with one attached hydrogen (secondary N) is 1. The van der Waals surface area contributed by atoms with Crippen LogP contribution in [0.5, 0.6) is 0 Å². The number of rotatable bonds is 8. The van der Waals surface area contributed by atoms with E-state index in [-0.39, 0.29) is 11.8 Å². The molecule has 3 rings (SSSR count). The molecule has 1 N–H and O–H groups in total. The van der Waals surface area contributed by atoms with E-state index in [0.29, 0.717) is 45.9 Å². The number of carbonyl (C=O) groups excluding carboxylic acids is 2. The van der Waals surface area contributed by atoms with Crippen molar-refractivity contribution in [2.45, 2.75) is 6.42 Å². The number of ether oxygens (including phenoxy) is 1. The first kappa shape index (κ1) is 21.0. The van der Waals surface area contributed by atoms with Gasteiger partial charge >= 0.3 is 0 Å². The van der Waals surface area contributed by atoms with Crippen LogP contribution < -0.4 is 5.32 Å². The SMILES string of the molecule is COCCCNC(=O)CN1CCN(C(=O)/C=C/c2cccc3cccnc23)CC1. The van der Waals surface area contributed by atoms with Gasteiger partial charge < -0.3 is 15.0 Å². The Labute approximate surface area is 171 Å². The van der Waals surface area contributed by atoms with Crippen molar-refractivity contribution in [3.63, 3.8) is 0 Å². The van der Waals surface area contributed by atoms with Crippen LogP contribution in [0, 0.1) is 0 Å². The lowest BCUT2D eigenvalue weighted by Crippen LogP contribution is -2.50. The van der Waals surface area contributed by atoms with E-state index in [1.807, 2.05) is 41.3 Å². The third-order valence-corrected chi connectivity index (χ3v) is 4.97. The van der Waals surface area contributed by atoms with Gasteiger partial charge in [-0.1, -0.05) is 24.3 Å². The molecule has 1 aromatic carbocycles. The Kier molecular flexibility index (Phi) is 7.72. The van der Waals surface area contributed by atoms with Gasteiger partial charge in [0.15, 0.2) is 0 Å². The number of carbonyl (C=O) groups is 2. The number of piperazine rings is 1. The Hall–Kier alpha value is -2.77. The topological polar surface area (TPSA) is 74.8 Å². The fraction of sp³-hybridized carbons (Fsp3) is 0.409. The summed E-state index contributed by atoms with van der Waals surface area (Å²) in [7, 11) is 1.65. The predicted octanol–water partition coefficient (Wildman–Crippen LogP) is 1.54. The molecule has 1 aliphatic rings. The normalized spacial score (nSPS) is 15.1. The molecule has 0 spiro atoms. The van der Waals surface area contributed by atoms with Crippen molar-refractivity contribution in [3.05, 3.63) is 48.2 Å². The molecule has 2 heterocycles. The molecule has 0 aliphatic carbocycles. The second-order valence-electron chi connectivity index (χ2n) is 7.05. The number of fused-ring (bicyclic) bond motifs is 1. The van der Waals surface area contributed by atoms with Crippen LogP contribution in [0.25, 0.3) is 17.0 Å². The van der Waals surface area contributed by atoms with Crippen molar-refractivity contribution in [3.8, 4) is 0 Å². The molecule has 0 radical (unpaired) electrons. The third kappa shape index (κ3) is 6.10. The lowest BCUT2D eigenvalue weighted by molar-refractivity contribution is -0.128. The highest BCUT2D eigenvalue weighted by atomic mass is 16.5. The van der Waals surface area contributed by atoms with Gasteiger partial charge in [0.1, 0.15) is 0 Å². The molecule has 1 saturated heterocycles. The largest absolute Gasteiger partial charge is 0.385 e. The van der Waals surface area contributed by atoms with E-state index in [1.54, 1.807) is 19.4 Å². The van der Waals surface area contributed by atoms with E-state index in [1.165, 1.54) is 0 Å². The lowest BCUT2D eigenvalue weighted by atomic mass is 10.1. The van der Waals surface area contributed by atoms with Crippen LogP contribution in [0.4, 0.5) is 0 Å². The molecule has 1 aromatic heterocycles. The van der Waals surface area contributed by atoms with Gasteiger partial charge in [0.2, 0.25) is 11.8 Å². The first-order valence-electron chi connectivity index (χ1n) is 9.96. The standard InChI is InChI=1S/C22H28N4O3/c1-29-16-4-11-23-20(27)17-25-12-14-26(15-13-25)21(28)9-8-19-6-2-5-18-7-3-10-24-22(18)19/h2-3,5-10H,4,11-17H2,1H3,(H,23,27)/b9-8+. The van der Waals surface area contributed by atoms with Crippen molar-refractivity contribution in [2.75, 3.05) is 53.0 Å². The smallest absolute Gasteiger partial charge is 0.246 e. The van der Waals surface area contributed by atoms with Gasteiger partial charge in [0.05, 0.1) is 12.1 Å². The zero-order valence-corrected chi connectivity index (χ0v) is 16.8. The van der Waals surface area contributed by atoms with Crippen molar-refractivity contribution >= 4 is 28.8 Å². The zero-order valence-electron chi connectivity index (χ0n) is 16.8. The van der Waals surface area contributed by atoms with Crippen LogP contribution in [0.2, 0.25) is 0 Å². The minimum atomic E-state index is -0.0124. The van der Waals surface area contributed by atoms with Gasteiger partial charge in [0, 0.05) is 69.7 Å². The fourth-order valence-electron chi connectivity index (χ4n) is 3.36. The molecule has 7 heteroatoms. The molecule has 0 bridgehead atoms. The van der Waals surface area contributed by atoms with Gasteiger partial charge in [-0.05, 0) is 18.6 Å². The number of aromatic nitrogens is 1. The van der Waals surface area contributed by atoms with Crippen LogP contribution in [0.3, 0.4) is 0 Å². The van der Waals surface area contributed by atoms with Crippen LogP contribution in [0.1, 0.15) is 12.0 Å². The maximum atomic E-state index is 12.5. The highest BCUT2D eigenvalue weighted by Gasteiger charge is 2.21. The minimum absolute atomic E-state index is 0.0124. The lowest BCUT2D eigenvalue weighted by Gasteiger charge is -2.33. The Morgan fingerprint density at radius 2 is 1.97 bits per heavy atom. The van der Waals surface area contributed by atoms with Crippen molar-refractivity contribution < 1.29 is 14.3 Å². The Balaban J connectivity index is 1.46. The van der Waals surface area contributed by atoms with Crippen LogP contribution in [0.15, 0.2) is 42.6 Å². The summed E-state index contributed by atoms with van der Waals surface area (Å²) in [4.78, 5) is 32.8. The van der Waals surface area contributed by atoms with Crippen LogP contribution in [-0.4, -0.2) is 79.6 Å². The Morgan fingerprint density at radius 1 is 1.17 bits per heavy atom. The maximum Gasteiger partial charge on any atom is 0.246 e. The second-order valence-corrected chi connectivity index (χ2v) is 7.05. The van der Waals surface area contributed by atoms with Crippen molar-refractivity contribution in [1.29, 1.82) is 0 Å². The molecular weight excluding hydrogens is 368 g/mol. The first-order valence-corrected chi connectivity index (χ1v) is 9.96. The van der Waals surface area contributed by atoms with Crippen molar-refractivity contribution in [2.24, 2.45) is 0 Å². The molecule has 154 valence electrons. The first-order chi connectivity index (χ1) is 14.2. The van der Waals surface area contributed by atoms with Gasteiger partial charge in [0.25, 0.3) is 0 Å². The number of para-hydroxylation sites is 1. The molecule has 2 amide bonds. The van der Waals surface area contributed by atoms with E-state index in [4.69, 9.17) is 4.74 Å². The predicted molar refractivity (Wildman–Crippen MR) is 113 cm³/mol. The molecular formula is C22H28N4O3. The molecule has 2 aromatic rings. The molecule has 0 atom stereocenters. The van der Waals surface area contributed by atoms with E-state index < -0.39 is 0 Å². The zero-order chi connectivity index (χ0) is 20.5. The summed E-state index contributed by atoms with van der Waals surface area (Å²) in [6.07, 6.45) is 6.01. The molecule has 0 unspecified atom stereocenters. The summed E-state index contributed by atoms with van der Waals surface area (Å²) in [5.74, 6) is 0.00540. The van der Waals surface area contributed by atoms with Gasteiger partial charge in [-0.3, -0.25) is 19.5 Å². The van der Waals surface area contributed by atoms with Gasteiger partial charge in [-0.15, -0.1) is 0 Å². The van der Waals surface area contributed by atoms with E-state index in [0.717, 1.165) is 22.9 Å². The monoisotopic (exact) mass is 396 g/mol. The number of hydrogen-bond acceptors (Lipinski definition) is 5. The average molecular weight is 396 g/mol. The van der Waals surface area contributed by atoms with Crippen LogP contribution >= 0.6 is 0 Å². The molecule has 1 aliphatic heterocycles. The van der Waals surface area contributed by atoms with E-state index in [2.05, 4.69) is 15.2 Å². The van der Waals surface area contributed by atoms with E-state index in [9.17, 15) is 9.59 Å². The highest BCUT2D eigenvalue weighted by Crippen LogP contribution is 2.17. The fourth-order valence-corrected chi connectivity index (χ4v) is 3.36. The number of benzene rings is 1. The quantitative estimate of drug-likeness (QED) is 0.541. The number of hydrogen-bond donors (Lipinski definition) is 1. The summed E-state index contributed by atoms with van der Waals surface area (Å²) in [5.41, 5.74) is 1.82. The number of amides is 2. The Bertz CT molecular complexity index is 855. The van der Waals surface area contributed by atoms with Crippen molar-refractivity contribution in [1.82, 2.24) is 20.1 Å². The third-order valence-electron chi connectivity index (χ3n) is 4.97. The summed E-state index contributed by atoms with van der Waals surface area (Å²) in [6.45, 7) is 4.26. The Morgan fingerprint density at radius 3 is 2.76 bits per heavy atom. The number of nitrogens with zero attached hydrogens (tertiary/aromatic N) is 3. The molecule has 7 nitrogen and oxygen atoms in total. The minimum Gasteiger partial charge on any atom is -0.385 e. The van der Waals surface area contributed by atoms with Gasteiger partial charge in [-0.25, -0.2) is 0 Å². The number of pyridine rings is 1. The maximum absolute atomic E-state index is 12.5. The molecule has 1 fully saturated rings. The summed E-state index contributed by atoms with van der Waals surface area (Å²) < 4.78 is 4.97. The molecule has 0 saturated carbocycles. The van der Waals surface area contributed by atoms with Crippen LogP contribution in [-0.2, 0) is 14.3 Å². The summed E-state index contributed by atoms with van der Waals surface area (Å²) in [5, 5.41) is 3.95. The summed E-state index contributed by atoms with van der Waals surface area (Å²) in [6, 6.07) is 9.85. The second kappa shape index (κ2) is 10.7. The number of methoxy groups -OCH3 is 1. The average Bonchev–Trinajstić information content (AvgIpc) is 2.75. The van der Waals surface area contributed by atoms with Gasteiger partial charge in [-0.2, -0.15) is 0 Å². The summed E-state index contributed by atoms with van der Waals surface area (Å²) >= 11 is 0. The molecule has 29 heavy (non-hydrogen) atoms. The van der Waals surface area contributed by atoms with E-state index >= 15 is 0 Å². The highest BCUT2D eigenvalue weighted by molar-refractivity contribution is 5.95.